The van der Waals surface area contributed by atoms with E-state index in [0.717, 1.165) is 43.8 Å². The van der Waals surface area contributed by atoms with Crippen molar-refractivity contribution in [1.82, 2.24) is 0 Å². The molecule has 5 aliphatic carbocycles. The topological polar surface area (TPSA) is 27.7 Å². The molecule has 6 rings (SSSR count). The molecule has 38 heavy (non-hydrogen) atoms. The van der Waals surface area contributed by atoms with Crippen LogP contribution in [0.15, 0.2) is 70.8 Å². The molecule has 0 bridgehead atoms. The number of fused-ring (bicyclic) bond motifs is 3. The van der Waals surface area contributed by atoms with Crippen molar-refractivity contribution in [3.8, 4) is 0 Å². The average Bonchev–Trinajstić information content (AvgIpc) is 3.00. The lowest BCUT2D eigenvalue weighted by Gasteiger charge is -2.51. The molecule has 0 N–H and O–H groups in total. The Kier molecular flexibility index (Phi) is 8.30. The Morgan fingerprint density at radius 2 is 1.76 bits per heavy atom. The second kappa shape index (κ2) is 12.0. The van der Waals surface area contributed by atoms with Crippen LogP contribution in [0, 0.1) is 23.7 Å². The van der Waals surface area contributed by atoms with Crippen LogP contribution in [-0.2, 0) is 14.2 Å². The van der Waals surface area contributed by atoms with Gasteiger partial charge in [-0.3, -0.25) is 0 Å². The standard InChI is InChI=1S/C35H48O3/c1-24(26-14-8-4-9-15-26)28-18-19-29-30-21-33(36-2)34(37-23-25-12-6-3-7-13-25)22-32(30)38-35(31(29)20-28)27-16-10-5-11-17-27/h3,6,14,16,20,25,29-32,35H,1,4-5,7-13,15,17-19,21-23H2,2H3/t25-,29?,30+,31-,32+,35?/m1/s1. The van der Waals surface area contributed by atoms with Gasteiger partial charge in [0.05, 0.1) is 25.9 Å². The van der Waals surface area contributed by atoms with Crippen LogP contribution < -0.4 is 0 Å². The highest BCUT2D eigenvalue weighted by Gasteiger charge is 2.49. The van der Waals surface area contributed by atoms with Crippen molar-refractivity contribution in [3.05, 3.63) is 70.8 Å². The minimum atomic E-state index is 0.207. The molecule has 1 saturated heterocycles. The maximum absolute atomic E-state index is 7.15. The summed E-state index contributed by atoms with van der Waals surface area (Å²) in [4.78, 5) is 0. The minimum absolute atomic E-state index is 0.207. The molecule has 1 heterocycles. The third kappa shape index (κ3) is 5.51. The molecule has 0 saturated carbocycles. The van der Waals surface area contributed by atoms with E-state index in [1.165, 1.54) is 87.3 Å². The Hall–Kier alpha value is -2.00. The Bertz CT molecular complexity index is 1040. The molecule has 6 atom stereocenters. The van der Waals surface area contributed by atoms with Crippen LogP contribution in [-0.4, -0.2) is 25.9 Å². The van der Waals surface area contributed by atoms with Crippen molar-refractivity contribution in [2.24, 2.45) is 23.7 Å². The quantitative estimate of drug-likeness (QED) is 0.316. The number of hydrogen-bond donors (Lipinski definition) is 0. The lowest BCUT2D eigenvalue weighted by atomic mass is 9.63. The summed E-state index contributed by atoms with van der Waals surface area (Å²) in [7, 11) is 1.83. The summed E-state index contributed by atoms with van der Waals surface area (Å²) in [5.74, 6) is 4.33. The molecule has 6 aliphatic rings. The number of rotatable bonds is 7. The Morgan fingerprint density at radius 3 is 2.50 bits per heavy atom. The van der Waals surface area contributed by atoms with Crippen LogP contribution in [0.2, 0.25) is 0 Å². The predicted octanol–water partition coefficient (Wildman–Crippen LogP) is 8.90. The minimum Gasteiger partial charge on any atom is -0.498 e. The Morgan fingerprint density at radius 1 is 0.895 bits per heavy atom. The summed E-state index contributed by atoms with van der Waals surface area (Å²) < 4.78 is 19.6. The van der Waals surface area contributed by atoms with Gasteiger partial charge in [-0.25, -0.2) is 0 Å². The third-order valence-corrected chi connectivity index (χ3v) is 10.3. The fraction of sp³-hybridized carbons (Fsp3) is 0.657. The first-order valence-corrected chi connectivity index (χ1v) is 15.7. The number of methoxy groups -OCH3 is 1. The summed E-state index contributed by atoms with van der Waals surface area (Å²) in [6.07, 6.45) is 30.4. The van der Waals surface area contributed by atoms with E-state index in [2.05, 4.69) is 37.0 Å². The molecule has 206 valence electrons. The van der Waals surface area contributed by atoms with Crippen LogP contribution in [0.5, 0.6) is 0 Å². The van der Waals surface area contributed by atoms with E-state index >= 15 is 0 Å². The first kappa shape index (κ1) is 26.2. The maximum atomic E-state index is 7.15. The molecule has 3 heteroatoms. The van der Waals surface area contributed by atoms with Gasteiger partial charge in [0, 0.05) is 18.8 Å². The van der Waals surface area contributed by atoms with Gasteiger partial charge in [0.25, 0.3) is 0 Å². The second-order valence-electron chi connectivity index (χ2n) is 12.6. The van der Waals surface area contributed by atoms with E-state index in [0.29, 0.717) is 23.7 Å². The monoisotopic (exact) mass is 516 g/mol. The molecule has 1 aliphatic heterocycles. The first-order chi connectivity index (χ1) is 18.7. The van der Waals surface area contributed by atoms with Gasteiger partial charge >= 0.3 is 0 Å². The van der Waals surface area contributed by atoms with E-state index in [1.54, 1.807) is 5.57 Å². The van der Waals surface area contributed by atoms with Gasteiger partial charge in [-0.05, 0) is 124 Å². The molecule has 0 aromatic heterocycles. The third-order valence-electron chi connectivity index (χ3n) is 10.3. The molecule has 2 unspecified atom stereocenters. The van der Waals surface area contributed by atoms with Gasteiger partial charge in [-0.2, -0.15) is 0 Å². The second-order valence-corrected chi connectivity index (χ2v) is 12.6. The maximum Gasteiger partial charge on any atom is 0.136 e. The van der Waals surface area contributed by atoms with Gasteiger partial charge in [-0.15, -0.1) is 0 Å². The SMILES string of the molecule is C=C(C1=CCCCC1)C1=C[C@H]2C(C3=CCCCC3)O[C@H]3CC(OC[C@@H]4CC=CCC4)=C(OC)C[C@H]3C2CC1. The highest BCUT2D eigenvalue weighted by Crippen LogP contribution is 2.52. The van der Waals surface area contributed by atoms with Crippen molar-refractivity contribution < 1.29 is 14.2 Å². The van der Waals surface area contributed by atoms with Crippen molar-refractivity contribution in [2.45, 2.75) is 109 Å². The van der Waals surface area contributed by atoms with E-state index < -0.39 is 0 Å². The van der Waals surface area contributed by atoms with Crippen molar-refractivity contribution in [2.75, 3.05) is 13.7 Å². The largest absolute Gasteiger partial charge is 0.498 e. The Balaban J connectivity index is 1.25. The van der Waals surface area contributed by atoms with E-state index in [-0.39, 0.29) is 12.2 Å². The molecule has 0 amide bonds. The van der Waals surface area contributed by atoms with Gasteiger partial charge in [0.2, 0.25) is 0 Å². The number of hydrogen-bond acceptors (Lipinski definition) is 3. The van der Waals surface area contributed by atoms with Gasteiger partial charge in [0.1, 0.15) is 11.5 Å². The summed E-state index contributed by atoms with van der Waals surface area (Å²) >= 11 is 0. The lowest BCUT2D eigenvalue weighted by molar-refractivity contribution is -0.136. The number of allylic oxidation sites excluding steroid dienone is 8. The predicted molar refractivity (Wildman–Crippen MR) is 154 cm³/mol. The van der Waals surface area contributed by atoms with Gasteiger partial charge < -0.3 is 14.2 Å². The molecule has 0 aromatic rings. The molecule has 3 nitrogen and oxygen atoms in total. The summed E-state index contributed by atoms with van der Waals surface area (Å²) in [6, 6.07) is 0. The molecule has 0 radical (unpaired) electrons. The highest BCUT2D eigenvalue weighted by molar-refractivity contribution is 5.47. The van der Waals surface area contributed by atoms with E-state index in [9.17, 15) is 0 Å². The molecular formula is C35H48O3. The molecular weight excluding hydrogens is 468 g/mol. The van der Waals surface area contributed by atoms with Crippen LogP contribution in [0.3, 0.4) is 0 Å². The average molecular weight is 517 g/mol. The van der Waals surface area contributed by atoms with Gasteiger partial charge in [-0.1, -0.05) is 37.0 Å². The first-order valence-electron chi connectivity index (χ1n) is 15.7. The van der Waals surface area contributed by atoms with Crippen LogP contribution >= 0.6 is 0 Å². The van der Waals surface area contributed by atoms with Gasteiger partial charge in [0.15, 0.2) is 0 Å². The van der Waals surface area contributed by atoms with Crippen molar-refractivity contribution >= 4 is 0 Å². The fourth-order valence-electron chi connectivity index (χ4n) is 8.12. The summed E-state index contributed by atoms with van der Waals surface area (Å²) in [5.41, 5.74) is 5.87. The van der Waals surface area contributed by atoms with Crippen LogP contribution in [0.1, 0.15) is 96.3 Å². The molecule has 0 spiro atoms. The zero-order valence-corrected chi connectivity index (χ0v) is 23.6. The van der Waals surface area contributed by atoms with E-state index in [4.69, 9.17) is 14.2 Å². The number of ether oxygens (including phenoxy) is 3. The Labute approximate surface area is 230 Å². The zero-order valence-electron chi connectivity index (χ0n) is 23.6. The molecule has 1 fully saturated rings. The fourth-order valence-corrected chi connectivity index (χ4v) is 8.12. The normalized spacial score (nSPS) is 35.3. The lowest BCUT2D eigenvalue weighted by Crippen LogP contribution is -2.50. The van der Waals surface area contributed by atoms with Crippen molar-refractivity contribution in [3.63, 3.8) is 0 Å². The van der Waals surface area contributed by atoms with Crippen LogP contribution in [0.25, 0.3) is 0 Å². The zero-order chi connectivity index (χ0) is 25.9. The summed E-state index contributed by atoms with van der Waals surface area (Å²) in [5, 5.41) is 0. The van der Waals surface area contributed by atoms with E-state index in [1.807, 2.05) is 7.11 Å². The highest BCUT2D eigenvalue weighted by atomic mass is 16.5. The molecule has 0 aromatic carbocycles. The van der Waals surface area contributed by atoms with Crippen LogP contribution in [0.4, 0.5) is 0 Å². The van der Waals surface area contributed by atoms with Crippen molar-refractivity contribution in [1.29, 1.82) is 0 Å². The summed E-state index contributed by atoms with van der Waals surface area (Å²) in [6.45, 7) is 5.41. The smallest absolute Gasteiger partial charge is 0.136 e.